The molecule has 0 aliphatic carbocycles. The Labute approximate surface area is 131 Å². The van der Waals surface area contributed by atoms with Crippen molar-refractivity contribution in [3.63, 3.8) is 0 Å². The van der Waals surface area contributed by atoms with E-state index in [4.69, 9.17) is 4.98 Å². The van der Waals surface area contributed by atoms with Crippen LogP contribution in [0, 0.1) is 0 Å². The molecule has 114 valence electrons. The molecule has 0 amide bonds. The smallest absolute Gasteiger partial charge is 0.150 e. The molecular formula is C18H22N4. The van der Waals surface area contributed by atoms with Crippen LogP contribution in [0.2, 0.25) is 0 Å². The molecule has 0 saturated carbocycles. The van der Waals surface area contributed by atoms with Crippen molar-refractivity contribution in [2.45, 2.75) is 18.9 Å². The van der Waals surface area contributed by atoms with E-state index in [0.29, 0.717) is 6.04 Å². The van der Waals surface area contributed by atoms with Gasteiger partial charge in [-0.05, 0) is 37.1 Å². The summed E-state index contributed by atoms with van der Waals surface area (Å²) in [6.07, 6.45) is 2.52. The first kappa shape index (κ1) is 13.4. The summed E-state index contributed by atoms with van der Waals surface area (Å²) in [6, 6.07) is 13.5. The molecule has 2 bridgehead atoms. The van der Waals surface area contributed by atoms with Gasteiger partial charge in [-0.2, -0.15) is 0 Å². The Morgan fingerprint density at radius 2 is 2.14 bits per heavy atom. The predicted octanol–water partition coefficient (Wildman–Crippen LogP) is 3.21. The Morgan fingerprint density at radius 1 is 1.23 bits per heavy atom. The maximum absolute atomic E-state index is 4.90. The number of piperidine rings is 1. The van der Waals surface area contributed by atoms with E-state index in [2.05, 4.69) is 65.6 Å². The largest absolute Gasteiger partial charge is 0.378 e. The summed E-state index contributed by atoms with van der Waals surface area (Å²) in [5.41, 5.74) is 4.66. The minimum Gasteiger partial charge on any atom is -0.378 e. The Bertz CT molecular complexity index is 695. The first-order chi connectivity index (χ1) is 10.7. The fourth-order valence-electron chi connectivity index (χ4n) is 3.42. The lowest BCUT2D eigenvalue weighted by Crippen LogP contribution is -2.46. The highest BCUT2D eigenvalue weighted by molar-refractivity contribution is 5.75. The fourth-order valence-corrected chi connectivity index (χ4v) is 3.42. The van der Waals surface area contributed by atoms with Gasteiger partial charge in [0.2, 0.25) is 0 Å². The van der Waals surface area contributed by atoms with E-state index in [1.165, 1.54) is 29.8 Å². The van der Waals surface area contributed by atoms with Gasteiger partial charge in [0.15, 0.2) is 5.82 Å². The number of nitrogens with one attached hydrogen (secondary N) is 1. The Morgan fingerprint density at radius 3 is 3.00 bits per heavy atom. The Hall–Kier alpha value is -2.23. The van der Waals surface area contributed by atoms with Gasteiger partial charge in [0, 0.05) is 44.5 Å². The van der Waals surface area contributed by atoms with Crippen LogP contribution in [0.25, 0.3) is 11.3 Å². The molecule has 2 aliphatic rings. The molecule has 2 aliphatic heterocycles. The molecule has 1 fully saturated rings. The normalized spacial score (nSPS) is 19.4. The lowest BCUT2D eigenvalue weighted by Gasteiger charge is -2.40. The monoisotopic (exact) mass is 294 g/mol. The Kier molecular flexibility index (Phi) is 3.17. The van der Waals surface area contributed by atoms with Crippen molar-refractivity contribution >= 4 is 17.2 Å². The lowest BCUT2D eigenvalue weighted by atomic mass is 10.0. The van der Waals surface area contributed by atoms with Crippen LogP contribution in [-0.2, 0) is 0 Å². The molecule has 0 spiro atoms. The third-order valence-corrected chi connectivity index (χ3v) is 4.64. The summed E-state index contributed by atoms with van der Waals surface area (Å²) in [7, 11) is 4.13. The lowest BCUT2D eigenvalue weighted by molar-refractivity contribution is 0.516. The van der Waals surface area contributed by atoms with E-state index in [0.717, 1.165) is 24.6 Å². The quantitative estimate of drug-likeness (QED) is 0.921. The van der Waals surface area contributed by atoms with Gasteiger partial charge >= 0.3 is 0 Å². The molecule has 2 aromatic rings. The van der Waals surface area contributed by atoms with Crippen molar-refractivity contribution < 1.29 is 0 Å². The second-order valence-corrected chi connectivity index (χ2v) is 6.44. The number of rotatable bonds is 2. The van der Waals surface area contributed by atoms with E-state index in [-0.39, 0.29) is 0 Å². The number of fused-ring (bicyclic) bond motifs is 4. The molecule has 22 heavy (non-hydrogen) atoms. The van der Waals surface area contributed by atoms with Crippen LogP contribution in [0.5, 0.6) is 0 Å². The van der Waals surface area contributed by atoms with Gasteiger partial charge in [0.25, 0.3) is 0 Å². The molecule has 1 N–H and O–H groups in total. The van der Waals surface area contributed by atoms with Crippen molar-refractivity contribution in [1.82, 2.24) is 4.98 Å². The van der Waals surface area contributed by atoms with Crippen LogP contribution in [0.1, 0.15) is 12.8 Å². The zero-order valence-corrected chi connectivity index (χ0v) is 13.2. The summed E-state index contributed by atoms with van der Waals surface area (Å²) in [6.45, 7) is 2.27. The minimum atomic E-state index is 0.553. The van der Waals surface area contributed by atoms with Crippen molar-refractivity contribution in [3.8, 4) is 11.3 Å². The van der Waals surface area contributed by atoms with E-state index in [1.807, 2.05) is 0 Å². The second kappa shape index (κ2) is 5.20. The standard InChI is InChI=1S/C18H22N4/c1-21(2)15-7-3-5-13(11-15)16-8-9-17-18(20-16)19-14-6-4-10-22(17)12-14/h3,5,7-9,11,14H,4,6,10,12H2,1-2H3,(H,19,20)/t14-/m1/s1. The highest BCUT2D eigenvalue weighted by Gasteiger charge is 2.28. The maximum Gasteiger partial charge on any atom is 0.150 e. The van der Waals surface area contributed by atoms with Crippen molar-refractivity contribution in [1.29, 1.82) is 0 Å². The van der Waals surface area contributed by atoms with E-state index in [1.54, 1.807) is 0 Å². The average molecular weight is 294 g/mol. The highest BCUT2D eigenvalue weighted by Crippen LogP contribution is 2.35. The van der Waals surface area contributed by atoms with Crippen LogP contribution in [0.3, 0.4) is 0 Å². The van der Waals surface area contributed by atoms with Crippen LogP contribution < -0.4 is 15.1 Å². The average Bonchev–Trinajstić information content (AvgIpc) is 2.54. The third-order valence-electron chi connectivity index (χ3n) is 4.64. The minimum absolute atomic E-state index is 0.553. The summed E-state index contributed by atoms with van der Waals surface area (Å²) < 4.78 is 0. The van der Waals surface area contributed by atoms with Crippen molar-refractivity contribution in [3.05, 3.63) is 36.4 Å². The SMILES string of the molecule is CN(C)c1cccc(-c2ccc3c(n2)N[C@@H]2CCCN3C2)c1. The molecule has 1 aromatic carbocycles. The molecule has 1 atom stereocenters. The van der Waals surface area contributed by atoms with Gasteiger partial charge in [0.1, 0.15) is 0 Å². The number of hydrogen-bond acceptors (Lipinski definition) is 4. The van der Waals surface area contributed by atoms with Gasteiger partial charge in [0.05, 0.1) is 11.4 Å². The molecule has 1 saturated heterocycles. The van der Waals surface area contributed by atoms with E-state index in [9.17, 15) is 0 Å². The third kappa shape index (κ3) is 2.28. The second-order valence-electron chi connectivity index (χ2n) is 6.44. The summed E-state index contributed by atoms with van der Waals surface area (Å²) in [5, 5.41) is 3.61. The number of benzene rings is 1. The van der Waals surface area contributed by atoms with Crippen LogP contribution in [0.15, 0.2) is 36.4 Å². The zero-order valence-electron chi connectivity index (χ0n) is 13.2. The van der Waals surface area contributed by atoms with Crippen molar-refractivity contribution in [2.24, 2.45) is 0 Å². The number of pyridine rings is 1. The summed E-state index contributed by atoms with van der Waals surface area (Å²) in [5.74, 6) is 1.05. The molecule has 1 aromatic heterocycles. The molecule has 4 nitrogen and oxygen atoms in total. The molecule has 0 unspecified atom stereocenters. The highest BCUT2D eigenvalue weighted by atomic mass is 15.2. The van der Waals surface area contributed by atoms with Crippen molar-refractivity contribution in [2.75, 3.05) is 42.3 Å². The number of anilines is 3. The topological polar surface area (TPSA) is 31.4 Å². The zero-order chi connectivity index (χ0) is 15.1. The number of nitrogens with zero attached hydrogens (tertiary/aromatic N) is 3. The molecule has 4 heteroatoms. The fraction of sp³-hybridized carbons (Fsp3) is 0.389. The number of aromatic nitrogens is 1. The molecule has 3 heterocycles. The van der Waals surface area contributed by atoms with Crippen LogP contribution in [-0.4, -0.2) is 38.2 Å². The summed E-state index contributed by atoms with van der Waals surface area (Å²) >= 11 is 0. The molecular weight excluding hydrogens is 272 g/mol. The van der Waals surface area contributed by atoms with Gasteiger partial charge in [-0.1, -0.05) is 12.1 Å². The number of hydrogen-bond donors (Lipinski definition) is 1. The van der Waals surface area contributed by atoms with Gasteiger partial charge in [-0.15, -0.1) is 0 Å². The first-order valence-corrected chi connectivity index (χ1v) is 8.01. The van der Waals surface area contributed by atoms with Crippen LogP contribution in [0.4, 0.5) is 17.2 Å². The van der Waals surface area contributed by atoms with Gasteiger partial charge in [-0.25, -0.2) is 4.98 Å². The van der Waals surface area contributed by atoms with E-state index >= 15 is 0 Å². The maximum atomic E-state index is 4.90. The first-order valence-electron chi connectivity index (χ1n) is 8.01. The van der Waals surface area contributed by atoms with Crippen LogP contribution >= 0.6 is 0 Å². The summed E-state index contributed by atoms with van der Waals surface area (Å²) in [4.78, 5) is 9.48. The Balaban J connectivity index is 1.72. The molecule has 4 rings (SSSR count). The predicted molar refractivity (Wildman–Crippen MR) is 92.9 cm³/mol. The van der Waals surface area contributed by atoms with E-state index < -0.39 is 0 Å². The van der Waals surface area contributed by atoms with Gasteiger partial charge in [-0.3, -0.25) is 0 Å². The van der Waals surface area contributed by atoms with Gasteiger partial charge < -0.3 is 15.1 Å². The molecule has 0 radical (unpaired) electrons.